The molecule has 1 aromatic carbocycles. The van der Waals surface area contributed by atoms with Gasteiger partial charge in [0.25, 0.3) is 0 Å². The molecule has 1 N–H and O–H groups in total. The van der Waals surface area contributed by atoms with Gasteiger partial charge in [-0.1, -0.05) is 0 Å². The first-order valence-corrected chi connectivity index (χ1v) is 4.19. The molecule has 0 aliphatic heterocycles. The van der Waals surface area contributed by atoms with Crippen molar-refractivity contribution in [1.82, 2.24) is 4.98 Å². The van der Waals surface area contributed by atoms with Gasteiger partial charge in [0.15, 0.2) is 0 Å². The summed E-state index contributed by atoms with van der Waals surface area (Å²) in [6.45, 7) is 1.71. The third-order valence-corrected chi connectivity index (χ3v) is 2.10. The highest BCUT2D eigenvalue weighted by Crippen LogP contribution is 2.13. The van der Waals surface area contributed by atoms with Crippen molar-refractivity contribution >= 4 is 10.9 Å². The summed E-state index contributed by atoms with van der Waals surface area (Å²) >= 11 is 0. The molecule has 0 atom stereocenters. The summed E-state index contributed by atoms with van der Waals surface area (Å²) in [5, 5.41) is 8.93. The fraction of sp³-hybridized carbons (Fsp3) is 0.100. The molecule has 0 aliphatic carbocycles. The van der Waals surface area contributed by atoms with Gasteiger partial charge < -0.3 is 4.42 Å². The first-order valence-electron chi connectivity index (χ1n) is 4.19. The van der Waals surface area contributed by atoms with E-state index in [1.807, 2.05) is 6.07 Å². The summed E-state index contributed by atoms with van der Waals surface area (Å²) in [6.07, 6.45) is 0. The Kier molecular flexibility index (Phi) is 1.90. The number of H-pyrrole nitrogens is 1. The van der Waals surface area contributed by atoms with Crippen LogP contribution in [-0.2, 0) is 0 Å². The second-order valence-electron chi connectivity index (χ2n) is 3.13. The molecule has 0 aliphatic rings. The summed E-state index contributed by atoms with van der Waals surface area (Å²) in [6, 6.07) is 4.92. The maximum absolute atomic E-state index is 11.3. The zero-order valence-corrected chi connectivity index (χ0v) is 7.83. The maximum Gasteiger partial charge on any atom is 0.419 e. The molecule has 1 heterocycles. The highest BCUT2D eigenvalue weighted by atomic mass is 16.4. The second kappa shape index (κ2) is 3.10. The van der Waals surface area contributed by atoms with E-state index < -0.39 is 11.4 Å². The van der Waals surface area contributed by atoms with E-state index >= 15 is 0 Å². The number of hydrogen-bond acceptors (Lipinski definition) is 4. The topological polar surface area (TPSA) is 86.9 Å². The lowest BCUT2D eigenvalue weighted by molar-refractivity contribution is 0.460. The number of nitrogens with zero attached hydrogens (tertiary/aromatic N) is 1. The smallest absolute Gasteiger partial charge is 0.372 e. The maximum atomic E-state index is 11.3. The first-order chi connectivity index (χ1) is 7.11. The highest BCUT2D eigenvalue weighted by Gasteiger charge is 2.06. The fourth-order valence-corrected chi connectivity index (χ4v) is 1.45. The van der Waals surface area contributed by atoms with Gasteiger partial charge in [0.05, 0.1) is 22.5 Å². The molecule has 5 heteroatoms. The van der Waals surface area contributed by atoms with Crippen LogP contribution in [0.25, 0.3) is 10.9 Å². The summed E-state index contributed by atoms with van der Waals surface area (Å²) in [5.41, 5.74) is 0.706. The van der Waals surface area contributed by atoms with E-state index in [9.17, 15) is 9.59 Å². The van der Waals surface area contributed by atoms with E-state index in [-0.39, 0.29) is 5.39 Å². The minimum Gasteiger partial charge on any atom is -0.372 e. The number of nitrogens with one attached hydrogen (secondary N) is 1. The predicted molar refractivity (Wildman–Crippen MR) is 52.6 cm³/mol. The first kappa shape index (κ1) is 9.21. The minimum atomic E-state index is -0.791. The Bertz CT molecular complexity index is 688. The highest BCUT2D eigenvalue weighted by molar-refractivity contribution is 5.81. The Morgan fingerprint density at radius 2 is 2.13 bits per heavy atom. The molecule has 0 radical (unpaired) electrons. The average Bonchev–Trinajstić information content (AvgIpc) is 2.19. The summed E-state index contributed by atoms with van der Waals surface area (Å²) in [7, 11) is 0. The largest absolute Gasteiger partial charge is 0.419 e. The van der Waals surface area contributed by atoms with E-state index in [1.54, 1.807) is 13.0 Å². The third kappa shape index (κ3) is 1.42. The molecule has 0 saturated heterocycles. The van der Waals surface area contributed by atoms with Gasteiger partial charge in [0.2, 0.25) is 0 Å². The number of fused-ring (bicyclic) bond motifs is 1. The van der Waals surface area contributed by atoms with Crippen molar-refractivity contribution in [2.45, 2.75) is 6.92 Å². The lowest BCUT2D eigenvalue weighted by Gasteiger charge is -1.99. The molecular weight excluding hydrogens is 196 g/mol. The Hall–Kier alpha value is -2.35. The predicted octanol–water partition coefficient (Wildman–Crippen LogP) is 0.661. The molecule has 5 nitrogen and oxygen atoms in total. The molecule has 15 heavy (non-hydrogen) atoms. The zero-order chi connectivity index (χ0) is 11.0. The molecule has 0 unspecified atom stereocenters. The van der Waals surface area contributed by atoms with Gasteiger partial charge in [0.1, 0.15) is 0 Å². The molecule has 0 saturated carbocycles. The van der Waals surface area contributed by atoms with Crippen LogP contribution >= 0.6 is 0 Å². The van der Waals surface area contributed by atoms with Gasteiger partial charge in [0, 0.05) is 0 Å². The second-order valence-corrected chi connectivity index (χ2v) is 3.13. The van der Waals surface area contributed by atoms with Gasteiger partial charge in [-0.15, -0.1) is 0 Å². The lowest BCUT2D eigenvalue weighted by Crippen LogP contribution is -2.15. The molecule has 74 valence electrons. The molecule has 0 amide bonds. The number of rotatable bonds is 0. The third-order valence-electron chi connectivity index (χ3n) is 2.10. The molecule has 2 aromatic rings. The Labute approximate surface area is 83.6 Å². The van der Waals surface area contributed by atoms with Crippen molar-refractivity contribution in [3.63, 3.8) is 0 Å². The van der Waals surface area contributed by atoms with Crippen molar-refractivity contribution in [3.8, 4) is 6.07 Å². The lowest BCUT2D eigenvalue weighted by atomic mass is 10.1. The quantitative estimate of drug-likeness (QED) is 0.679. The van der Waals surface area contributed by atoms with Crippen molar-refractivity contribution in [1.29, 1.82) is 5.26 Å². The monoisotopic (exact) mass is 202 g/mol. The molecule has 0 fully saturated rings. The van der Waals surface area contributed by atoms with Gasteiger partial charge >= 0.3 is 11.4 Å². The average molecular weight is 202 g/mol. The summed E-state index contributed by atoms with van der Waals surface area (Å²) in [5.74, 6) is -0.791. The van der Waals surface area contributed by atoms with E-state index in [1.165, 1.54) is 6.07 Å². The molecular formula is C10H6N2O3. The van der Waals surface area contributed by atoms with Crippen molar-refractivity contribution in [3.05, 3.63) is 44.2 Å². The number of hydrogen-bond donors (Lipinski definition) is 1. The Balaban J connectivity index is 3.06. The number of aromatic amines is 1. The SMILES string of the molecule is Cc1cc(C#N)cc2c(=O)oc(=O)[nH]c12. The van der Waals surface area contributed by atoms with Crippen LogP contribution in [0.5, 0.6) is 0 Å². The van der Waals surface area contributed by atoms with Crippen LogP contribution in [0.2, 0.25) is 0 Å². The van der Waals surface area contributed by atoms with Crippen LogP contribution in [0.1, 0.15) is 11.1 Å². The van der Waals surface area contributed by atoms with Crippen LogP contribution in [0, 0.1) is 18.3 Å². The number of benzene rings is 1. The summed E-state index contributed by atoms with van der Waals surface area (Å²) in [4.78, 5) is 24.7. The van der Waals surface area contributed by atoms with Gasteiger partial charge in [-0.2, -0.15) is 5.26 Å². The molecule has 1 aromatic heterocycles. The van der Waals surface area contributed by atoms with E-state index in [0.717, 1.165) is 0 Å². The van der Waals surface area contributed by atoms with Gasteiger partial charge in [-0.05, 0) is 24.6 Å². The van der Waals surface area contributed by atoms with Crippen molar-refractivity contribution < 1.29 is 4.42 Å². The minimum absolute atomic E-state index is 0.214. The molecule has 2 rings (SSSR count). The number of aromatic nitrogens is 1. The number of nitriles is 1. The Morgan fingerprint density at radius 3 is 2.80 bits per heavy atom. The Morgan fingerprint density at radius 1 is 1.40 bits per heavy atom. The molecule has 0 spiro atoms. The molecule has 0 bridgehead atoms. The van der Waals surface area contributed by atoms with Crippen LogP contribution in [0.3, 0.4) is 0 Å². The van der Waals surface area contributed by atoms with Gasteiger partial charge in [-0.3, -0.25) is 4.98 Å². The standard InChI is InChI=1S/C10H6N2O3/c1-5-2-6(4-11)3-7-8(5)12-10(14)15-9(7)13/h2-3H,1H3,(H,12,14). The zero-order valence-electron chi connectivity index (χ0n) is 7.83. The van der Waals surface area contributed by atoms with Gasteiger partial charge in [-0.25, -0.2) is 9.59 Å². The van der Waals surface area contributed by atoms with E-state index in [0.29, 0.717) is 16.6 Å². The normalized spacial score (nSPS) is 10.1. The van der Waals surface area contributed by atoms with E-state index in [4.69, 9.17) is 5.26 Å². The number of aryl methyl sites for hydroxylation is 1. The fourth-order valence-electron chi connectivity index (χ4n) is 1.45. The van der Waals surface area contributed by atoms with Crippen LogP contribution in [0.4, 0.5) is 0 Å². The van der Waals surface area contributed by atoms with Crippen LogP contribution in [-0.4, -0.2) is 4.98 Å². The van der Waals surface area contributed by atoms with Crippen molar-refractivity contribution in [2.75, 3.05) is 0 Å². The van der Waals surface area contributed by atoms with E-state index in [2.05, 4.69) is 9.40 Å². The van der Waals surface area contributed by atoms with Crippen LogP contribution < -0.4 is 11.4 Å². The summed E-state index contributed by atoms with van der Waals surface area (Å²) < 4.78 is 4.37. The van der Waals surface area contributed by atoms with Crippen molar-refractivity contribution in [2.24, 2.45) is 0 Å². The van der Waals surface area contributed by atoms with Crippen LogP contribution in [0.15, 0.2) is 26.1 Å².